The van der Waals surface area contributed by atoms with Crippen LogP contribution in [0, 0.1) is 6.92 Å². The molecule has 0 bridgehead atoms. The number of anilines is 2. The highest BCUT2D eigenvalue weighted by Gasteiger charge is 2.50. The molecular formula is C19H20N2O3. The Labute approximate surface area is 141 Å². The van der Waals surface area contributed by atoms with Gasteiger partial charge in [0.1, 0.15) is 5.75 Å². The predicted molar refractivity (Wildman–Crippen MR) is 93.3 cm³/mol. The van der Waals surface area contributed by atoms with E-state index >= 15 is 0 Å². The summed E-state index contributed by atoms with van der Waals surface area (Å²) < 4.78 is 5.83. The zero-order valence-electron chi connectivity index (χ0n) is 14.0. The zero-order valence-corrected chi connectivity index (χ0v) is 14.0. The molecule has 0 aliphatic carbocycles. The number of carbonyl (C=O) groups excluding carboxylic acids is 2. The van der Waals surface area contributed by atoms with Crippen LogP contribution in [0.25, 0.3) is 0 Å². The molecule has 2 aromatic carbocycles. The van der Waals surface area contributed by atoms with Crippen molar-refractivity contribution in [3.63, 3.8) is 0 Å². The van der Waals surface area contributed by atoms with E-state index in [1.807, 2.05) is 50.2 Å². The van der Waals surface area contributed by atoms with Crippen molar-refractivity contribution in [2.75, 3.05) is 16.8 Å². The van der Waals surface area contributed by atoms with E-state index in [-0.39, 0.29) is 5.91 Å². The molecule has 0 saturated heterocycles. The van der Waals surface area contributed by atoms with Gasteiger partial charge in [-0.25, -0.2) is 0 Å². The molecule has 1 N–H and O–H groups in total. The molecule has 0 radical (unpaired) electrons. The second kappa shape index (κ2) is 6.00. The van der Waals surface area contributed by atoms with Gasteiger partial charge in [0.05, 0.1) is 5.69 Å². The van der Waals surface area contributed by atoms with Crippen LogP contribution in [-0.4, -0.2) is 24.0 Å². The van der Waals surface area contributed by atoms with Crippen molar-refractivity contribution in [3.05, 3.63) is 54.1 Å². The summed E-state index contributed by atoms with van der Waals surface area (Å²) in [7, 11) is 0. The summed E-state index contributed by atoms with van der Waals surface area (Å²) >= 11 is 0. The number of benzene rings is 2. The molecule has 2 amide bonds. The maximum absolute atomic E-state index is 12.9. The fraction of sp³-hybridized carbons (Fsp3) is 0.263. The van der Waals surface area contributed by atoms with Crippen LogP contribution < -0.4 is 15.0 Å². The third kappa shape index (κ3) is 2.52. The minimum Gasteiger partial charge on any atom is -0.465 e. The van der Waals surface area contributed by atoms with Crippen LogP contribution in [0.3, 0.4) is 0 Å². The molecule has 5 nitrogen and oxygen atoms in total. The number of aryl methyl sites for hydroxylation is 1. The minimum atomic E-state index is -1.60. The third-order valence-electron chi connectivity index (χ3n) is 4.27. The first-order chi connectivity index (χ1) is 11.5. The van der Waals surface area contributed by atoms with Gasteiger partial charge in [-0.2, -0.15) is 0 Å². The van der Waals surface area contributed by atoms with E-state index in [0.29, 0.717) is 23.7 Å². The van der Waals surface area contributed by atoms with Crippen LogP contribution in [0.5, 0.6) is 5.75 Å². The highest BCUT2D eigenvalue weighted by molar-refractivity contribution is 6.19. The Hall–Kier alpha value is -2.82. The zero-order chi connectivity index (χ0) is 17.3. The maximum Gasteiger partial charge on any atom is 0.280 e. The van der Waals surface area contributed by atoms with E-state index in [1.54, 1.807) is 17.0 Å². The van der Waals surface area contributed by atoms with E-state index in [1.165, 1.54) is 6.92 Å². The van der Waals surface area contributed by atoms with Crippen molar-refractivity contribution in [1.82, 2.24) is 0 Å². The lowest BCUT2D eigenvalue weighted by Gasteiger charge is -2.39. The van der Waals surface area contributed by atoms with E-state index in [9.17, 15) is 9.59 Å². The molecule has 24 heavy (non-hydrogen) atoms. The van der Waals surface area contributed by atoms with Gasteiger partial charge >= 0.3 is 0 Å². The van der Waals surface area contributed by atoms with Gasteiger partial charge in [-0.3, -0.25) is 9.59 Å². The smallest absolute Gasteiger partial charge is 0.280 e. The summed E-state index contributed by atoms with van der Waals surface area (Å²) in [5, 5.41) is 2.81. The lowest BCUT2D eigenvalue weighted by Crippen LogP contribution is -2.60. The minimum absolute atomic E-state index is 0.366. The van der Waals surface area contributed by atoms with Crippen molar-refractivity contribution in [2.45, 2.75) is 26.4 Å². The highest BCUT2D eigenvalue weighted by atomic mass is 16.5. The monoisotopic (exact) mass is 324 g/mol. The number of fused-ring (bicyclic) bond motifs is 1. The molecular weight excluding hydrogens is 304 g/mol. The number of nitrogens with one attached hydrogen (secondary N) is 1. The van der Waals surface area contributed by atoms with Crippen LogP contribution in [-0.2, 0) is 9.59 Å². The first kappa shape index (κ1) is 16.1. The van der Waals surface area contributed by atoms with Gasteiger partial charge in [0, 0.05) is 12.2 Å². The Morgan fingerprint density at radius 1 is 1.17 bits per heavy atom. The number of ether oxygens (including phenoxy) is 1. The van der Waals surface area contributed by atoms with E-state index in [2.05, 4.69) is 5.32 Å². The van der Waals surface area contributed by atoms with E-state index < -0.39 is 11.5 Å². The van der Waals surface area contributed by atoms with Crippen LogP contribution >= 0.6 is 0 Å². The molecule has 2 aromatic rings. The van der Waals surface area contributed by atoms with Crippen LogP contribution in [0.4, 0.5) is 11.4 Å². The fourth-order valence-electron chi connectivity index (χ4n) is 2.81. The molecule has 0 aromatic heterocycles. The van der Waals surface area contributed by atoms with Gasteiger partial charge in [0.15, 0.2) is 0 Å². The number of para-hydroxylation sites is 3. The summed E-state index contributed by atoms with van der Waals surface area (Å²) in [6.45, 7) is 5.75. The van der Waals surface area contributed by atoms with Gasteiger partial charge < -0.3 is 15.0 Å². The molecule has 0 saturated carbocycles. The number of hydrogen-bond acceptors (Lipinski definition) is 3. The first-order valence-corrected chi connectivity index (χ1v) is 7.94. The Kier molecular flexibility index (Phi) is 4.01. The number of nitrogens with zero attached hydrogens (tertiary/aromatic N) is 1. The summed E-state index contributed by atoms with van der Waals surface area (Å²) in [5.74, 6) is -0.314. The number of rotatable bonds is 3. The molecule has 1 atom stereocenters. The third-order valence-corrected chi connectivity index (χ3v) is 4.27. The SMILES string of the molecule is CCN1C(=O)C(C)(C(=O)Nc2ccccc2C)Oc2ccccc21. The van der Waals surface area contributed by atoms with Crippen molar-refractivity contribution in [3.8, 4) is 5.75 Å². The predicted octanol–water partition coefficient (Wildman–Crippen LogP) is 3.14. The van der Waals surface area contributed by atoms with Crippen molar-refractivity contribution < 1.29 is 14.3 Å². The van der Waals surface area contributed by atoms with Crippen LogP contribution in [0.2, 0.25) is 0 Å². The summed E-state index contributed by atoms with van der Waals surface area (Å²) in [4.78, 5) is 27.3. The fourth-order valence-corrected chi connectivity index (χ4v) is 2.81. The molecule has 3 rings (SSSR count). The second-order valence-corrected chi connectivity index (χ2v) is 5.92. The topological polar surface area (TPSA) is 58.6 Å². The molecule has 1 unspecified atom stereocenters. The quantitative estimate of drug-likeness (QED) is 0.883. The largest absolute Gasteiger partial charge is 0.465 e. The summed E-state index contributed by atoms with van der Waals surface area (Å²) in [5.41, 5.74) is 0.672. The molecule has 5 heteroatoms. The molecule has 124 valence electrons. The van der Waals surface area contributed by atoms with Gasteiger partial charge in [0.2, 0.25) is 0 Å². The van der Waals surface area contributed by atoms with Crippen molar-refractivity contribution in [2.24, 2.45) is 0 Å². The number of likely N-dealkylation sites (N-methyl/N-ethyl adjacent to an activating group) is 1. The Balaban J connectivity index is 1.96. The van der Waals surface area contributed by atoms with Crippen molar-refractivity contribution in [1.29, 1.82) is 0 Å². The van der Waals surface area contributed by atoms with E-state index in [0.717, 1.165) is 5.56 Å². The normalized spacial score (nSPS) is 19.5. The maximum atomic E-state index is 12.9. The number of carbonyl (C=O) groups is 2. The lowest BCUT2D eigenvalue weighted by molar-refractivity contribution is -0.145. The lowest BCUT2D eigenvalue weighted by atomic mass is 9.99. The number of hydrogen-bond donors (Lipinski definition) is 1. The van der Waals surface area contributed by atoms with Gasteiger partial charge in [-0.15, -0.1) is 0 Å². The van der Waals surface area contributed by atoms with Crippen molar-refractivity contribution >= 4 is 23.2 Å². The van der Waals surface area contributed by atoms with Crippen LogP contribution in [0.15, 0.2) is 48.5 Å². The second-order valence-electron chi connectivity index (χ2n) is 5.92. The average molecular weight is 324 g/mol. The average Bonchev–Trinajstić information content (AvgIpc) is 2.58. The Morgan fingerprint density at radius 2 is 1.83 bits per heavy atom. The van der Waals surface area contributed by atoms with Gasteiger partial charge in [0.25, 0.3) is 17.4 Å². The van der Waals surface area contributed by atoms with Crippen LogP contribution in [0.1, 0.15) is 19.4 Å². The van der Waals surface area contributed by atoms with Gasteiger partial charge in [-0.05, 0) is 44.5 Å². The highest BCUT2D eigenvalue weighted by Crippen LogP contribution is 2.38. The number of amides is 2. The molecule has 1 heterocycles. The summed E-state index contributed by atoms with van der Waals surface area (Å²) in [6.07, 6.45) is 0. The standard InChI is InChI=1S/C19H20N2O3/c1-4-21-15-11-7-8-12-16(15)24-19(3,18(21)23)17(22)20-14-10-6-5-9-13(14)2/h5-12H,4H2,1-3H3,(H,20,22). The van der Waals surface area contributed by atoms with E-state index in [4.69, 9.17) is 4.74 Å². The molecule has 0 fully saturated rings. The molecule has 0 spiro atoms. The first-order valence-electron chi connectivity index (χ1n) is 7.94. The van der Waals surface area contributed by atoms with Gasteiger partial charge in [-0.1, -0.05) is 30.3 Å². The molecule has 1 aliphatic rings. The Bertz CT molecular complexity index is 803. The molecule has 1 aliphatic heterocycles. The summed E-state index contributed by atoms with van der Waals surface area (Å²) in [6, 6.07) is 14.7. The Morgan fingerprint density at radius 3 is 2.54 bits per heavy atom.